The summed E-state index contributed by atoms with van der Waals surface area (Å²) in [6, 6.07) is 0. The van der Waals surface area contributed by atoms with Crippen LogP contribution >= 0.6 is 0 Å². The Labute approximate surface area is 101 Å². The van der Waals surface area contributed by atoms with Gasteiger partial charge in [-0.3, -0.25) is 0 Å². The predicted molar refractivity (Wildman–Crippen MR) is 67.4 cm³/mol. The molecular weight excluding hydrogens is 200 g/mol. The second-order valence-electron chi connectivity index (χ2n) is 5.08. The smallest absolute Gasteiger partial charge is 0.160 e. The van der Waals surface area contributed by atoms with Gasteiger partial charge in [-0.2, -0.15) is 0 Å². The van der Waals surface area contributed by atoms with Crippen molar-refractivity contribution >= 4 is 0 Å². The van der Waals surface area contributed by atoms with Crippen molar-refractivity contribution in [3.63, 3.8) is 0 Å². The lowest BCUT2D eigenvalue weighted by molar-refractivity contribution is -0.0945. The van der Waals surface area contributed by atoms with Crippen molar-refractivity contribution in [3.8, 4) is 0 Å². The molecule has 1 saturated heterocycles. The largest absolute Gasteiger partial charge is 0.350 e. The second kappa shape index (κ2) is 8.08. The molecule has 0 spiro atoms. The molecule has 3 unspecified atom stereocenters. The molecular formula is C14H28O2. The first-order valence-electron chi connectivity index (χ1n) is 7.05. The number of hydrogen-bond donors (Lipinski definition) is 0. The Morgan fingerprint density at radius 2 is 1.94 bits per heavy atom. The molecule has 16 heavy (non-hydrogen) atoms. The van der Waals surface area contributed by atoms with E-state index in [2.05, 4.69) is 20.8 Å². The monoisotopic (exact) mass is 228 g/mol. The van der Waals surface area contributed by atoms with Gasteiger partial charge in [-0.05, 0) is 12.8 Å². The molecule has 0 bridgehead atoms. The van der Waals surface area contributed by atoms with Gasteiger partial charge in [0.2, 0.25) is 0 Å². The molecule has 2 heteroatoms. The minimum Gasteiger partial charge on any atom is -0.350 e. The molecule has 0 aromatic carbocycles. The van der Waals surface area contributed by atoms with E-state index in [1.807, 2.05) is 0 Å². The molecule has 1 rings (SSSR count). The van der Waals surface area contributed by atoms with E-state index in [1.54, 1.807) is 0 Å². The molecule has 2 nitrogen and oxygen atoms in total. The van der Waals surface area contributed by atoms with E-state index in [-0.39, 0.29) is 6.29 Å². The Morgan fingerprint density at radius 3 is 2.62 bits per heavy atom. The van der Waals surface area contributed by atoms with Gasteiger partial charge in [-0.15, -0.1) is 0 Å². The standard InChI is InChI=1S/C14H28O2/c1-4-6-7-8-10-13-11-15-14(16-13)12(3)9-5-2/h12-14H,4-11H2,1-3H3. The Morgan fingerprint density at radius 1 is 1.12 bits per heavy atom. The van der Waals surface area contributed by atoms with Gasteiger partial charge >= 0.3 is 0 Å². The lowest BCUT2D eigenvalue weighted by Crippen LogP contribution is -2.20. The fourth-order valence-corrected chi connectivity index (χ4v) is 2.31. The quantitative estimate of drug-likeness (QED) is 0.581. The van der Waals surface area contributed by atoms with E-state index >= 15 is 0 Å². The van der Waals surface area contributed by atoms with Gasteiger partial charge in [-0.1, -0.05) is 52.9 Å². The first-order valence-corrected chi connectivity index (χ1v) is 7.05. The molecule has 96 valence electrons. The molecule has 0 N–H and O–H groups in total. The highest BCUT2D eigenvalue weighted by Crippen LogP contribution is 2.24. The minimum atomic E-state index is 0.0659. The normalized spacial score (nSPS) is 27.2. The molecule has 0 aromatic heterocycles. The van der Waals surface area contributed by atoms with Crippen LogP contribution < -0.4 is 0 Å². The summed E-state index contributed by atoms with van der Waals surface area (Å²) in [5.74, 6) is 0.547. The van der Waals surface area contributed by atoms with Gasteiger partial charge in [0.25, 0.3) is 0 Å². The van der Waals surface area contributed by atoms with Crippen molar-refractivity contribution in [1.29, 1.82) is 0 Å². The number of hydrogen-bond acceptors (Lipinski definition) is 2. The maximum absolute atomic E-state index is 5.93. The molecule has 0 amide bonds. The topological polar surface area (TPSA) is 18.5 Å². The van der Waals surface area contributed by atoms with Crippen LogP contribution in [-0.2, 0) is 9.47 Å². The van der Waals surface area contributed by atoms with E-state index in [4.69, 9.17) is 9.47 Å². The highest BCUT2D eigenvalue weighted by atomic mass is 16.7. The fourth-order valence-electron chi connectivity index (χ4n) is 2.31. The summed E-state index contributed by atoms with van der Waals surface area (Å²) >= 11 is 0. The maximum atomic E-state index is 5.93. The van der Waals surface area contributed by atoms with Crippen LogP contribution in [0.3, 0.4) is 0 Å². The third kappa shape index (κ3) is 4.84. The van der Waals surface area contributed by atoms with E-state index < -0.39 is 0 Å². The zero-order valence-electron chi connectivity index (χ0n) is 11.2. The zero-order chi connectivity index (χ0) is 11.8. The maximum Gasteiger partial charge on any atom is 0.160 e. The Bertz CT molecular complexity index is 170. The molecule has 0 radical (unpaired) electrons. The van der Waals surface area contributed by atoms with Crippen molar-refractivity contribution in [2.75, 3.05) is 6.61 Å². The Hall–Kier alpha value is -0.0800. The lowest BCUT2D eigenvalue weighted by atomic mass is 10.1. The second-order valence-corrected chi connectivity index (χ2v) is 5.08. The van der Waals surface area contributed by atoms with Gasteiger partial charge in [0, 0.05) is 5.92 Å². The zero-order valence-corrected chi connectivity index (χ0v) is 11.2. The Kier molecular flexibility index (Phi) is 7.06. The summed E-state index contributed by atoms with van der Waals surface area (Å²) in [4.78, 5) is 0. The molecule has 1 aliphatic heterocycles. The summed E-state index contributed by atoms with van der Waals surface area (Å²) < 4.78 is 11.6. The average molecular weight is 228 g/mol. The van der Waals surface area contributed by atoms with Crippen LogP contribution in [0.4, 0.5) is 0 Å². The SMILES string of the molecule is CCCCCCC1COC(C(C)CCC)O1. The van der Waals surface area contributed by atoms with Gasteiger partial charge in [0.05, 0.1) is 12.7 Å². The van der Waals surface area contributed by atoms with Crippen LogP contribution in [0.5, 0.6) is 0 Å². The van der Waals surface area contributed by atoms with Crippen molar-refractivity contribution in [2.45, 2.75) is 78.1 Å². The fraction of sp³-hybridized carbons (Fsp3) is 1.00. The van der Waals surface area contributed by atoms with E-state index in [1.165, 1.54) is 44.9 Å². The van der Waals surface area contributed by atoms with Crippen LogP contribution in [-0.4, -0.2) is 19.0 Å². The van der Waals surface area contributed by atoms with Crippen LogP contribution in [0, 0.1) is 5.92 Å². The van der Waals surface area contributed by atoms with Crippen LogP contribution in [0.1, 0.15) is 65.7 Å². The summed E-state index contributed by atoms with van der Waals surface area (Å²) in [5.41, 5.74) is 0. The number of ether oxygens (including phenoxy) is 2. The summed E-state index contributed by atoms with van der Waals surface area (Å²) in [6.07, 6.45) is 9.30. The lowest BCUT2D eigenvalue weighted by Gasteiger charge is -2.17. The van der Waals surface area contributed by atoms with Crippen LogP contribution in [0.2, 0.25) is 0 Å². The molecule has 0 aliphatic carbocycles. The minimum absolute atomic E-state index is 0.0659. The van der Waals surface area contributed by atoms with Gasteiger partial charge < -0.3 is 9.47 Å². The van der Waals surface area contributed by atoms with Crippen molar-refractivity contribution in [3.05, 3.63) is 0 Å². The summed E-state index contributed by atoms with van der Waals surface area (Å²) in [7, 11) is 0. The molecule has 1 fully saturated rings. The molecule has 1 heterocycles. The molecule has 3 atom stereocenters. The van der Waals surface area contributed by atoms with Crippen LogP contribution in [0.15, 0.2) is 0 Å². The van der Waals surface area contributed by atoms with Crippen molar-refractivity contribution in [1.82, 2.24) is 0 Å². The average Bonchev–Trinajstić information content (AvgIpc) is 2.73. The Balaban J connectivity index is 2.09. The number of unbranched alkanes of at least 4 members (excludes halogenated alkanes) is 3. The van der Waals surface area contributed by atoms with Gasteiger partial charge in [0.15, 0.2) is 6.29 Å². The van der Waals surface area contributed by atoms with Gasteiger partial charge in [0.1, 0.15) is 0 Å². The number of rotatable bonds is 8. The first-order chi connectivity index (χ1) is 7.77. The summed E-state index contributed by atoms with van der Waals surface area (Å²) in [5, 5.41) is 0. The van der Waals surface area contributed by atoms with E-state index in [0.717, 1.165) is 6.61 Å². The van der Waals surface area contributed by atoms with Crippen LogP contribution in [0.25, 0.3) is 0 Å². The molecule has 0 saturated carbocycles. The van der Waals surface area contributed by atoms with Crippen molar-refractivity contribution in [2.24, 2.45) is 5.92 Å². The highest BCUT2D eigenvalue weighted by molar-refractivity contribution is 4.69. The van der Waals surface area contributed by atoms with Gasteiger partial charge in [-0.25, -0.2) is 0 Å². The van der Waals surface area contributed by atoms with Crippen molar-refractivity contribution < 1.29 is 9.47 Å². The first kappa shape index (κ1) is 14.0. The van der Waals surface area contributed by atoms with E-state index in [0.29, 0.717) is 12.0 Å². The highest BCUT2D eigenvalue weighted by Gasteiger charge is 2.29. The van der Waals surface area contributed by atoms with E-state index in [9.17, 15) is 0 Å². The predicted octanol–water partition coefficient (Wildman–Crippen LogP) is 4.13. The third-order valence-electron chi connectivity index (χ3n) is 3.36. The third-order valence-corrected chi connectivity index (χ3v) is 3.36. The molecule has 1 aliphatic rings. The molecule has 0 aromatic rings. The summed E-state index contributed by atoms with van der Waals surface area (Å²) in [6.45, 7) is 7.50.